The molecule has 0 aromatic carbocycles. The Morgan fingerprint density at radius 1 is 1.41 bits per heavy atom. The van der Waals surface area contributed by atoms with Crippen molar-refractivity contribution < 1.29 is 0 Å². The van der Waals surface area contributed by atoms with Gasteiger partial charge in [0.05, 0.1) is 4.62 Å². The van der Waals surface area contributed by atoms with Crippen molar-refractivity contribution in [1.82, 2.24) is 0 Å². The molecule has 0 bridgehead atoms. The molecular formula is C13H21BrN2S. The molecule has 0 radical (unpaired) electrons. The van der Waals surface area contributed by atoms with Gasteiger partial charge in [0.15, 0.2) is 0 Å². The first-order valence-corrected chi connectivity index (χ1v) is 8.47. The number of hydrogen-bond donors (Lipinski definition) is 0. The highest BCUT2D eigenvalue weighted by molar-refractivity contribution is 9.18. The summed E-state index contributed by atoms with van der Waals surface area (Å²) in [5, 5.41) is 0. The molecule has 17 heavy (non-hydrogen) atoms. The van der Waals surface area contributed by atoms with Gasteiger partial charge in [0.2, 0.25) is 0 Å². The highest BCUT2D eigenvalue weighted by Gasteiger charge is 2.16. The van der Waals surface area contributed by atoms with E-state index in [2.05, 4.69) is 39.6 Å². The lowest BCUT2D eigenvalue weighted by Crippen LogP contribution is -2.15. The monoisotopic (exact) mass is 316 g/mol. The predicted octanol–water partition coefficient (Wildman–Crippen LogP) is 3.79. The van der Waals surface area contributed by atoms with Gasteiger partial charge in [-0.15, -0.1) is 0 Å². The van der Waals surface area contributed by atoms with Crippen LogP contribution in [0.5, 0.6) is 0 Å². The van der Waals surface area contributed by atoms with Crippen molar-refractivity contribution in [2.75, 3.05) is 24.6 Å². The van der Waals surface area contributed by atoms with E-state index in [1.807, 2.05) is 0 Å². The largest absolute Gasteiger partial charge is 0.293 e. The third kappa shape index (κ3) is 4.74. The second-order valence-corrected chi connectivity index (χ2v) is 7.31. The van der Waals surface area contributed by atoms with Crippen molar-refractivity contribution in [1.29, 1.82) is 0 Å². The van der Waals surface area contributed by atoms with Crippen molar-refractivity contribution in [3.63, 3.8) is 0 Å². The van der Waals surface area contributed by atoms with Crippen molar-refractivity contribution in [2.45, 2.75) is 32.6 Å². The highest BCUT2D eigenvalue weighted by Crippen LogP contribution is 2.23. The number of thioether (sulfide) groups is 1. The Bertz CT molecular complexity index is 309. The zero-order valence-corrected chi connectivity index (χ0v) is 12.9. The molecule has 1 fully saturated rings. The fraction of sp³-hybridized carbons (Fsp3) is 0.846. The topological polar surface area (TPSA) is 24.7 Å². The van der Waals surface area contributed by atoms with Crippen LogP contribution in [0.2, 0.25) is 0 Å². The molecule has 0 N–H and O–H groups in total. The van der Waals surface area contributed by atoms with Gasteiger partial charge in [-0.2, -0.15) is 11.8 Å². The first-order chi connectivity index (χ1) is 8.24. The van der Waals surface area contributed by atoms with Crippen molar-refractivity contribution >= 4 is 38.0 Å². The fourth-order valence-corrected chi connectivity index (χ4v) is 4.00. The predicted molar refractivity (Wildman–Crippen MR) is 82.0 cm³/mol. The van der Waals surface area contributed by atoms with Gasteiger partial charge in [-0.05, 0) is 58.5 Å². The Morgan fingerprint density at radius 3 is 2.94 bits per heavy atom. The van der Waals surface area contributed by atoms with Crippen LogP contribution < -0.4 is 0 Å². The van der Waals surface area contributed by atoms with E-state index >= 15 is 0 Å². The number of aliphatic imine (C=N–C) groups is 2. The van der Waals surface area contributed by atoms with E-state index in [0.717, 1.165) is 36.5 Å². The molecule has 1 saturated heterocycles. The molecule has 2 aliphatic rings. The second kappa shape index (κ2) is 6.93. The summed E-state index contributed by atoms with van der Waals surface area (Å²) in [7, 11) is 0. The van der Waals surface area contributed by atoms with Crippen LogP contribution in [-0.4, -0.2) is 34.9 Å². The van der Waals surface area contributed by atoms with Crippen LogP contribution in [0.15, 0.2) is 9.98 Å². The molecule has 0 saturated carbocycles. The smallest absolute Gasteiger partial charge is 0.0830 e. The van der Waals surface area contributed by atoms with E-state index in [4.69, 9.17) is 4.99 Å². The summed E-state index contributed by atoms with van der Waals surface area (Å²) in [6.07, 6.45) is 4.77. The maximum absolute atomic E-state index is 4.86. The quantitative estimate of drug-likeness (QED) is 0.760. The van der Waals surface area contributed by atoms with E-state index < -0.39 is 0 Å². The summed E-state index contributed by atoms with van der Waals surface area (Å²) >= 11 is 5.63. The van der Waals surface area contributed by atoms with Gasteiger partial charge < -0.3 is 0 Å². The zero-order chi connectivity index (χ0) is 12.1. The van der Waals surface area contributed by atoms with E-state index in [0.29, 0.717) is 5.92 Å². The van der Waals surface area contributed by atoms with Crippen LogP contribution in [0.3, 0.4) is 0 Å². The molecule has 0 amide bonds. The average molecular weight is 317 g/mol. The molecule has 0 aromatic heterocycles. The van der Waals surface area contributed by atoms with E-state index in [-0.39, 0.29) is 0 Å². The molecular weight excluding hydrogens is 296 g/mol. The third-order valence-corrected chi connectivity index (χ3v) is 5.00. The SMILES string of the molecule is CC1CN=C(Br)CC(=NCC2CCSCC2)C1. The lowest BCUT2D eigenvalue weighted by Gasteiger charge is -2.19. The molecule has 0 aromatic rings. The van der Waals surface area contributed by atoms with E-state index in [1.165, 1.54) is 30.1 Å². The van der Waals surface area contributed by atoms with Crippen LogP contribution in [0.4, 0.5) is 0 Å². The summed E-state index contributed by atoms with van der Waals surface area (Å²) in [6.45, 7) is 4.25. The van der Waals surface area contributed by atoms with Gasteiger partial charge in [0.1, 0.15) is 0 Å². The van der Waals surface area contributed by atoms with Crippen LogP contribution in [0.25, 0.3) is 0 Å². The van der Waals surface area contributed by atoms with Crippen LogP contribution in [0, 0.1) is 11.8 Å². The van der Waals surface area contributed by atoms with Gasteiger partial charge in [0, 0.05) is 25.2 Å². The first kappa shape index (κ1) is 13.6. The standard InChI is InChI=1S/C13H21BrN2S/c1-10-6-12(7-13(14)16-8-10)15-9-11-2-4-17-5-3-11/h10-11H,2-9H2,1H3. The molecule has 2 rings (SSSR count). The maximum Gasteiger partial charge on any atom is 0.0830 e. The molecule has 0 spiro atoms. The molecule has 1 atom stereocenters. The number of hydrogen-bond acceptors (Lipinski definition) is 3. The Morgan fingerprint density at radius 2 is 2.18 bits per heavy atom. The number of halogens is 1. The van der Waals surface area contributed by atoms with Gasteiger partial charge >= 0.3 is 0 Å². The molecule has 2 aliphatic heterocycles. The average Bonchev–Trinajstić information content (AvgIpc) is 2.50. The maximum atomic E-state index is 4.86. The summed E-state index contributed by atoms with van der Waals surface area (Å²) in [4.78, 5) is 9.36. The molecule has 4 heteroatoms. The molecule has 1 unspecified atom stereocenters. The molecule has 2 heterocycles. The van der Waals surface area contributed by atoms with Crippen LogP contribution in [-0.2, 0) is 0 Å². The lowest BCUT2D eigenvalue weighted by molar-refractivity contribution is 0.501. The summed E-state index contributed by atoms with van der Waals surface area (Å²) in [6, 6.07) is 0. The van der Waals surface area contributed by atoms with Gasteiger partial charge in [-0.1, -0.05) is 6.92 Å². The van der Waals surface area contributed by atoms with Crippen molar-refractivity contribution in [2.24, 2.45) is 21.8 Å². The van der Waals surface area contributed by atoms with Crippen LogP contribution in [0.1, 0.15) is 32.6 Å². The molecule has 2 nitrogen and oxygen atoms in total. The van der Waals surface area contributed by atoms with Crippen molar-refractivity contribution in [3.05, 3.63) is 0 Å². The van der Waals surface area contributed by atoms with Crippen LogP contribution >= 0.6 is 27.7 Å². The Kier molecular flexibility index (Phi) is 5.54. The minimum Gasteiger partial charge on any atom is -0.293 e. The van der Waals surface area contributed by atoms with Crippen molar-refractivity contribution in [3.8, 4) is 0 Å². The van der Waals surface area contributed by atoms with Gasteiger partial charge in [-0.25, -0.2) is 0 Å². The Hall–Kier alpha value is 0.170. The Labute approximate surface area is 117 Å². The van der Waals surface area contributed by atoms with Gasteiger partial charge in [-0.3, -0.25) is 9.98 Å². The minimum atomic E-state index is 0.644. The number of rotatable bonds is 2. The lowest BCUT2D eigenvalue weighted by atomic mass is 10.0. The minimum absolute atomic E-state index is 0.644. The van der Waals surface area contributed by atoms with Gasteiger partial charge in [0.25, 0.3) is 0 Å². The third-order valence-electron chi connectivity index (χ3n) is 3.42. The summed E-state index contributed by atoms with van der Waals surface area (Å²) in [5.41, 5.74) is 1.35. The number of nitrogens with zero attached hydrogens (tertiary/aromatic N) is 2. The van der Waals surface area contributed by atoms with E-state index in [9.17, 15) is 0 Å². The molecule has 96 valence electrons. The first-order valence-electron chi connectivity index (χ1n) is 6.53. The van der Waals surface area contributed by atoms with E-state index in [1.54, 1.807) is 0 Å². The zero-order valence-electron chi connectivity index (χ0n) is 10.5. The summed E-state index contributed by atoms with van der Waals surface area (Å²) in [5.74, 6) is 4.14. The molecule has 0 aliphatic carbocycles. The highest BCUT2D eigenvalue weighted by atomic mass is 79.9. The Balaban J connectivity index is 1.88. The fourth-order valence-electron chi connectivity index (χ4n) is 2.33. The second-order valence-electron chi connectivity index (χ2n) is 5.17. The normalized spacial score (nSPS) is 30.1. The summed E-state index contributed by atoms with van der Waals surface area (Å²) < 4.78 is 1.08.